The van der Waals surface area contributed by atoms with Gasteiger partial charge in [-0.2, -0.15) is 0 Å². The molecule has 0 bridgehead atoms. The van der Waals surface area contributed by atoms with Crippen LogP contribution in [0.5, 0.6) is 0 Å². The van der Waals surface area contributed by atoms with Gasteiger partial charge in [-0.25, -0.2) is 4.98 Å². The second kappa shape index (κ2) is 4.92. The molecular formula is C14H17N3O. The molecule has 1 atom stereocenters. The highest BCUT2D eigenvalue weighted by molar-refractivity contribution is 5.35. The van der Waals surface area contributed by atoms with Crippen LogP contribution in [0.4, 0.5) is 0 Å². The Morgan fingerprint density at radius 2 is 2.11 bits per heavy atom. The van der Waals surface area contributed by atoms with Crippen LogP contribution < -0.4 is 5.32 Å². The van der Waals surface area contributed by atoms with Gasteiger partial charge in [0.2, 0.25) is 0 Å². The molecule has 3 rings (SSSR count). The number of rotatable bonds is 4. The summed E-state index contributed by atoms with van der Waals surface area (Å²) in [4.78, 5) is 4.05. The van der Waals surface area contributed by atoms with Gasteiger partial charge >= 0.3 is 0 Å². The molecule has 0 saturated carbocycles. The maximum absolute atomic E-state index is 5.17. The molecule has 1 aliphatic heterocycles. The third-order valence-corrected chi connectivity index (χ3v) is 3.32. The summed E-state index contributed by atoms with van der Waals surface area (Å²) in [6.45, 7) is 3.85. The first-order valence-corrected chi connectivity index (χ1v) is 6.25. The Hall–Kier alpha value is -1.65. The van der Waals surface area contributed by atoms with Crippen LogP contribution in [-0.2, 0) is 4.74 Å². The summed E-state index contributed by atoms with van der Waals surface area (Å²) in [6.07, 6.45) is 5.54. The van der Waals surface area contributed by atoms with Gasteiger partial charge in [-0.3, -0.25) is 0 Å². The molecule has 18 heavy (non-hydrogen) atoms. The van der Waals surface area contributed by atoms with Crippen molar-refractivity contribution < 1.29 is 4.74 Å². The number of hydrogen-bond donors (Lipinski definition) is 1. The van der Waals surface area contributed by atoms with Crippen molar-refractivity contribution in [3.63, 3.8) is 0 Å². The lowest BCUT2D eigenvalue weighted by Gasteiger charge is -2.30. The molecule has 1 saturated heterocycles. The van der Waals surface area contributed by atoms with Crippen molar-refractivity contribution in [3.8, 4) is 5.69 Å². The Morgan fingerprint density at radius 1 is 1.33 bits per heavy atom. The predicted molar refractivity (Wildman–Crippen MR) is 69.7 cm³/mol. The summed E-state index contributed by atoms with van der Waals surface area (Å²) in [5.41, 5.74) is 2.43. The predicted octanol–water partition coefficient (Wildman–Crippen LogP) is 1.92. The highest BCUT2D eigenvalue weighted by Crippen LogP contribution is 2.17. The van der Waals surface area contributed by atoms with Gasteiger partial charge in [0, 0.05) is 24.1 Å². The fourth-order valence-corrected chi connectivity index (χ4v) is 2.13. The second-order valence-corrected chi connectivity index (χ2v) is 4.68. The fourth-order valence-electron chi connectivity index (χ4n) is 2.13. The van der Waals surface area contributed by atoms with Gasteiger partial charge in [-0.15, -0.1) is 0 Å². The maximum Gasteiger partial charge on any atom is 0.0991 e. The summed E-state index contributed by atoms with van der Waals surface area (Å²) in [5, 5.41) is 3.54. The van der Waals surface area contributed by atoms with Crippen LogP contribution in [0, 0.1) is 0 Å². The Labute approximate surface area is 107 Å². The number of ether oxygens (including phenoxy) is 1. The standard InChI is InChI=1S/C14H17N3O/c1-11(16-13-8-18-9-13)12-2-4-14(5-3-12)17-7-6-15-10-17/h2-7,10-11,13,16H,8-9H2,1H3. The van der Waals surface area contributed by atoms with Crippen LogP contribution in [-0.4, -0.2) is 28.8 Å². The average Bonchev–Trinajstić information content (AvgIpc) is 2.87. The van der Waals surface area contributed by atoms with E-state index in [0.717, 1.165) is 18.9 Å². The first-order chi connectivity index (χ1) is 8.83. The summed E-state index contributed by atoms with van der Waals surface area (Å²) in [5.74, 6) is 0. The van der Waals surface area contributed by atoms with Gasteiger partial charge in [0.05, 0.1) is 25.6 Å². The highest BCUT2D eigenvalue weighted by atomic mass is 16.5. The monoisotopic (exact) mass is 243 g/mol. The molecule has 2 heterocycles. The Balaban J connectivity index is 1.70. The van der Waals surface area contributed by atoms with Crippen molar-refractivity contribution in [2.45, 2.75) is 19.0 Å². The van der Waals surface area contributed by atoms with Crippen LogP contribution >= 0.6 is 0 Å². The van der Waals surface area contributed by atoms with Crippen LogP contribution in [0.25, 0.3) is 5.69 Å². The van der Waals surface area contributed by atoms with Crippen molar-refractivity contribution in [2.75, 3.05) is 13.2 Å². The van der Waals surface area contributed by atoms with Gasteiger partial charge < -0.3 is 14.6 Å². The third kappa shape index (κ3) is 2.30. The van der Waals surface area contributed by atoms with E-state index in [-0.39, 0.29) is 0 Å². The molecule has 1 aromatic heterocycles. The molecule has 94 valence electrons. The SMILES string of the molecule is CC(NC1COC1)c1ccc(-n2ccnc2)cc1. The number of aromatic nitrogens is 2. The first-order valence-electron chi connectivity index (χ1n) is 6.25. The zero-order chi connectivity index (χ0) is 12.4. The molecule has 4 nitrogen and oxygen atoms in total. The Bertz CT molecular complexity index is 488. The first kappa shape index (κ1) is 11.4. The summed E-state index contributed by atoms with van der Waals surface area (Å²) >= 11 is 0. The topological polar surface area (TPSA) is 39.1 Å². The van der Waals surface area contributed by atoms with E-state index in [0.29, 0.717) is 12.1 Å². The van der Waals surface area contributed by atoms with Gasteiger partial charge in [0.1, 0.15) is 0 Å². The minimum atomic E-state index is 0.357. The van der Waals surface area contributed by atoms with Crippen molar-refractivity contribution >= 4 is 0 Å². The lowest BCUT2D eigenvalue weighted by Crippen LogP contribution is -2.46. The number of hydrogen-bond acceptors (Lipinski definition) is 3. The molecule has 0 radical (unpaired) electrons. The van der Waals surface area contributed by atoms with E-state index in [9.17, 15) is 0 Å². The molecule has 1 aromatic carbocycles. The number of benzene rings is 1. The van der Waals surface area contributed by atoms with Crippen LogP contribution in [0.1, 0.15) is 18.5 Å². The van der Waals surface area contributed by atoms with E-state index >= 15 is 0 Å². The van der Waals surface area contributed by atoms with Crippen molar-refractivity contribution in [2.24, 2.45) is 0 Å². The van der Waals surface area contributed by atoms with Gasteiger partial charge in [0.25, 0.3) is 0 Å². The molecule has 1 N–H and O–H groups in total. The molecule has 0 amide bonds. The van der Waals surface area contributed by atoms with Crippen LogP contribution in [0.15, 0.2) is 43.0 Å². The van der Waals surface area contributed by atoms with Crippen molar-refractivity contribution in [1.82, 2.24) is 14.9 Å². The molecule has 1 unspecified atom stereocenters. The molecule has 1 aliphatic rings. The van der Waals surface area contributed by atoms with Gasteiger partial charge in [0.15, 0.2) is 0 Å². The third-order valence-electron chi connectivity index (χ3n) is 3.32. The molecule has 0 aliphatic carbocycles. The van der Waals surface area contributed by atoms with E-state index < -0.39 is 0 Å². The highest BCUT2D eigenvalue weighted by Gasteiger charge is 2.20. The second-order valence-electron chi connectivity index (χ2n) is 4.68. The fraction of sp³-hybridized carbons (Fsp3) is 0.357. The molecule has 2 aromatic rings. The molecule has 4 heteroatoms. The zero-order valence-electron chi connectivity index (χ0n) is 10.4. The summed E-state index contributed by atoms with van der Waals surface area (Å²) in [7, 11) is 0. The normalized spacial score (nSPS) is 17.4. The molecular weight excluding hydrogens is 226 g/mol. The van der Waals surface area contributed by atoms with E-state index in [4.69, 9.17) is 4.74 Å². The Kier molecular flexibility index (Phi) is 3.13. The van der Waals surface area contributed by atoms with E-state index in [1.807, 2.05) is 17.1 Å². The van der Waals surface area contributed by atoms with E-state index in [1.54, 1.807) is 6.20 Å². The van der Waals surface area contributed by atoms with Crippen LogP contribution in [0.2, 0.25) is 0 Å². The van der Waals surface area contributed by atoms with Crippen molar-refractivity contribution in [1.29, 1.82) is 0 Å². The lowest BCUT2D eigenvalue weighted by atomic mass is 10.1. The van der Waals surface area contributed by atoms with Gasteiger partial charge in [-0.1, -0.05) is 12.1 Å². The van der Waals surface area contributed by atoms with Gasteiger partial charge in [-0.05, 0) is 24.6 Å². The number of nitrogens with zero attached hydrogens (tertiary/aromatic N) is 2. The molecule has 1 fully saturated rings. The van der Waals surface area contributed by atoms with Crippen LogP contribution in [0.3, 0.4) is 0 Å². The summed E-state index contributed by atoms with van der Waals surface area (Å²) in [6, 6.07) is 9.42. The minimum Gasteiger partial charge on any atom is -0.378 e. The molecule has 0 spiro atoms. The number of nitrogens with one attached hydrogen (secondary N) is 1. The number of imidazole rings is 1. The zero-order valence-corrected chi connectivity index (χ0v) is 10.4. The average molecular weight is 243 g/mol. The van der Waals surface area contributed by atoms with E-state index in [1.165, 1.54) is 5.56 Å². The minimum absolute atomic E-state index is 0.357. The van der Waals surface area contributed by atoms with Crippen molar-refractivity contribution in [3.05, 3.63) is 48.5 Å². The quantitative estimate of drug-likeness (QED) is 0.891. The lowest BCUT2D eigenvalue weighted by molar-refractivity contribution is -0.00925. The largest absolute Gasteiger partial charge is 0.378 e. The smallest absolute Gasteiger partial charge is 0.0991 e. The Morgan fingerprint density at radius 3 is 2.67 bits per heavy atom. The summed E-state index contributed by atoms with van der Waals surface area (Å²) < 4.78 is 7.17. The van der Waals surface area contributed by atoms with E-state index in [2.05, 4.69) is 41.5 Å². The maximum atomic E-state index is 5.17.